The molecule has 0 atom stereocenters. The average Bonchev–Trinajstić information content (AvgIpc) is 3.31. The number of carbonyl (C=O) groups is 1. The molecule has 2 heterocycles. The summed E-state index contributed by atoms with van der Waals surface area (Å²) in [6.45, 7) is -2.15. The summed E-state index contributed by atoms with van der Waals surface area (Å²) in [7, 11) is 2.97. The minimum absolute atomic E-state index is 0.0919. The number of methoxy groups -OCH3 is 2. The maximum Gasteiger partial charge on any atom is 0.422 e. The number of hydrogen-bond donors (Lipinski definition) is 2. The van der Waals surface area contributed by atoms with Crippen LogP contribution in [0.25, 0.3) is 10.9 Å². The van der Waals surface area contributed by atoms with Crippen molar-refractivity contribution in [1.29, 1.82) is 0 Å². The van der Waals surface area contributed by atoms with E-state index in [0.29, 0.717) is 28.2 Å². The number of hydrogen-bond acceptors (Lipinski definition) is 8. The molecule has 0 aliphatic heterocycles. The van der Waals surface area contributed by atoms with E-state index in [0.717, 1.165) is 16.9 Å². The molecule has 0 aliphatic rings. The van der Waals surface area contributed by atoms with Crippen LogP contribution in [0.5, 0.6) is 28.7 Å². The first kappa shape index (κ1) is 27.4. The lowest BCUT2D eigenvalue weighted by Gasteiger charge is -2.13. The van der Waals surface area contributed by atoms with Gasteiger partial charge in [0.25, 0.3) is 5.91 Å². The summed E-state index contributed by atoms with van der Waals surface area (Å²) in [6.07, 6.45) is -2.12. The lowest BCUT2D eigenvalue weighted by molar-refractivity contribution is -0.153. The first-order valence-corrected chi connectivity index (χ1v) is 11.3. The van der Waals surface area contributed by atoms with Gasteiger partial charge in [-0.1, -0.05) is 0 Å². The van der Waals surface area contributed by atoms with Gasteiger partial charge < -0.3 is 29.4 Å². The zero-order valence-electron chi connectivity index (χ0n) is 20.6. The van der Waals surface area contributed by atoms with Crippen molar-refractivity contribution in [1.82, 2.24) is 14.8 Å². The molecular formula is C25H22F4N4O6. The molecule has 10 nitrogen and oxygen atoms in total. The van der Waals surface area contributed by atoms with Gasteiger partial charge in [-0.05, 0) is 24.3 Å². The third kappa shape index (κ3) is 6.46. The number of alkyl halides is 3. The van der Waals surface area contributed by atoms with Gasteiger partial charge in [-0.2, -0.15) is 18.3 Å². The zero-order chi connectivity index (χ0) is 28.2. The van der Waals surface area contributed by atoms with Gasteiger partial charge in [0.05, 0.1) is 44.8 Å². The average molecular weight is 550 g/mol. The van der Waals surface area contributed by atoms with Crippen molar-refractivity contribution >= 4 is 22.5 Å². The van der Waals surface area contributed by atoms with E-state index >= 15 is 0 Å². The number of fused-ring (bicyclic) bond motifs is 1. The van der Waals surface area contributed by atoms with E-state index in [4.69, 9.17) is 19.3 Å². The number of pyridine rings is 1. The Hall–Kier alpha value is -4.59. The number of carbonyl (C=O) groups excluding carboxylic acids is 1. The SMILES string of the molecule is COc1cc2nccc(Oc3ccc(NC(=O)c4nn(CCO)cc4OCC(F)(F)F)c(F)c3)c2cc1OC. The van der Waals surface area contributed by atoms with E-state index in [1.54, 1.807) is 18.2 Å². The lowest BCUT2D eigenvalue weighted by atomic mass is 10.2. The molecule has 2 aromatic carbocycles. The molecule has 2 N–H and O–H groups in total. The molecule has 2 aromatic heterocycles. The number of rotatable bonds is 10. The maximum absolute atomic E-state index is 14.9. The summed E-state index contributed by atoms with van der Waals surface area (Å²) >= 11 is 0. The minimum atomic E-state index is -4.66. The van der Waals surface area contributed by atoms with E-state index in [9.17, 15) is 22.4 Å². The van der Waals surface area contributed by atoms with Crippen LogP contribution in [0.2, 0.25) is 0 Å². The summed E-state index contributed by atoms with van der Waals surface area (Å²) in [5.41, 5.74) is -0.254. The van der Waals surface area contributed by atoms with Crippen molar-refractivity contribution in [3.63, 3.8) is 0 Å². The molecule has 39 heavy (non-hydrogen) atoms. The summed E-state index contributed by atoms with van der Waals surface area (Å²) in [5, 5.41) is 15.7. The van der Waals surface area contributed by atoms with Crippen LogP contribution in [-0.2, 0) is 6.54 Å². The second kappa shape index (κ2) is 11.4. The minimum Gasteiger partial charge on any atom is -0.493 e. The largest absolute Gasteiger partial charge is 0.493 e. The molecule has 0 bridgehead atoms. The van der Waals surface area contributed by atoms with Crippen LogP contribution < -0.4 is 24.3 Å². The van der Waals surface area contributed by atoms with E-state index in [1.807, 2.05) is 0 Å². The Morgan fingerprint density at radius 1 is 1.05 bits per heavy atom. The molecule has 0 fully saturated rings. The van der Waals surface area contributed by atoms with Gasteiger partial charge in [0.1, 0.15) is 17.3 Å². The number of benzene rings is 2. The van der Waals surface area contributed by atoms with Gasteiger partial charge in [-0.15, -0.1) is 0 Å². The fourth-order valence-corrected chi connectivity index (χ4v) is 3.55. The molecule has 14 heteroatoms. The Morgan fingerprint density at radius 3 is 2.46 bits per heavy atom. The van der Waals surface area contributed by atoms with Crippen LogP contribution in [0.4, 0.5) is 23.2 Å². The van der Waals surface area contributed by atoms with Crippen LogP contribution in [0.1, 0.15) is 10.5 Å². The van der Waals surface area contributed by atoms with Gasteiger partial charge in [0.15, 0.2) is 29.5 Å². The second-order valence-electron chi connectivity index (χ2n) is 7.96. The van der Waals surface area contributed by atoms with E-state index in [1.165, 1.54) is 32.5 Å². The first-order valence-electron chi connectivity index (χ1n) is 11.3. The smallest absolute Gasteiger partial charge is 0.422 e. The fourth-order valence-electron chi connectivity index (χ4n) is 3.55. The molecule has 0 saturated carbocycles. The van der Waals surface area contributed by atoms with Crippen LogP contribution >= 0.6 is 0 Å². The summed E-state index contributed by atoms with van der Waals surface area (Å²) in [6, 6.07) is 8.53. The van der Waals surface area contributed by atoms with E-state index < -0.39 is 36.0 Å². The van der Waals surface area contributed by atoms with Gasteiger partial charge in [-0.3, -0.25) is 14.5 Å². The number of amides is 1. The molecule has 4 aromatic rings. The molecule has 0 aliphatic carbocycles. The van der Waals surface area contributed by atoms with Crippen LogP contribution in [-0.4, -0.2) is 59.4 Å². The monoisotopic (exact) mass is 550 g/mol. The molecule has 0 radical (unpaired) electrons. The Kier molecular flexibility index (Phi) is 8.04. The second-order valence-corrected chi connectivity index (χ2v) is 7.96. The van der Waals surface area contributed by atoms with E-state index in [-0.39, 0.29) is 24.6 Å². The van der Waals surface area contributed by atoms with Crippen molar-refractivity contribution in [2.24, 2.45) is 0 Å². The summed E-state index contributed by atoms with van der Waals surface area (Å²) in [4.78, 5) is 17.0. The number of aliphatic hydroxyl groups excluding tert-OH is 1. The Bertz CT molecular complexity index is 1490. The number of nitrogens with zero attached hydrogens (tertiary/aromatic N) is 3. The van der Waals surface area contributed by atoms with Gasteiger partial charge in [0, 0.05) is 23.7 Å². The standard InChI is InChI=1S/C25H22F4N4O6/c1-36-20-10-15-18(11-21(20)37-2)30-6-5-19(15)39-14-3-4-17(16(26)9-14)31-24(35)23-22(38-13-25(27,28)29)12-33(32-23)7-8-34/h3-6,9-12,34H,7-8,13H2,1-2H3,(H,31,35). The van der Waals surface area contributed by atoms with Gasteiger partial charge in [0.2, 0.25) is 0 Å². The fraction of sp³-hybridized carbons (Fsp3) is 0.240. The number of ether oxygens (including phenoxy) is 4. The van der Waals surface area contributed by atoms with Gasteiger partial charge in [-0.25, -0.2) is 4.39 Å². The topological polar surface area (TPSA) is 117 Å². The molecule has 206 valence electrons. The van der Waals surface area contributed by atoms with Crippen LogP contribution in [0.15, 0.2) is 48.8 Å². The Balaban J connectivity index is 1.55. The molecule has 4 rings (SSSR count). The zero-order valence-corrected chi connectivity index (χ0v) is 20.6. The predicted molar refractivity (Wildman–Crippen MR) is 130 cm³/mol. The normalized spacial score (nSPS) is 11.4. The highest BCUT2D eigenvalue weighted by molar-refractivity contribution is 6.04. The number of aliphatic hydroxyl groups is 1. The number of halogens is 4. The highest BCUT2D eigenvalue weighted by atomic mass is 19.4. The first-order chi connectivity index (χ1) is 18.6. The van der Waals surface area contributed by atoms with Gasteiger partial charge >= 0.3 is 6.18 Å². The Morgan fingerprint density at radius 2 is 1.79 bits per heavy atom. The van der Waals surface area contributed by atoms with Crippen molar-refractivity contribution in [3.8, 4) is 28.7 Å². The maximum atomic E-state index is 14.9. The number of anilines is 1. The van der Waals surface area contributed by atoms with Crippen molar-refractivity contribution < 1.29 is 46.4 Å². The van der Waals surface area contributed by atoms with E-state index in [2.05, 4.69) is 20.1 Å². The number of aromatic nitrogens is 3. The quantitative estimate of drug-likeness (QED) is 0.276. The van der Waals surface area contributed by atoms with Crippen LogP contribution in [0, 0.1) is 5.82 Å². The van der Waals surface area contributed by atoms with Crippen LogP contribution in [0.3, 0.4) is 0 Å². The lowest BCUT2D eigenvalue weighted by Crippen LogP contribution is -2.21. The highest BCUT2D eigenvalue weighted by Crippen LogP contribution is 2.37. The molecular weight excluding hydrogens is 528 g/mol. The molecule has 0 saturated heterocycles. The number of nitrogens with one attached hydrogen (secondary N) is 1. The highest BCUT2D eigenvalue weighted by Gasteiger charge is 2.30. The molecule has 1 amide bonds. The van der Waals surface area contributed by atoms with Crippen molar-refractivity contribution in [2.75, 3.05) is 32.8 Å². The van der Waals surface area contributed by atoms with Crippen molar-refractivity contribution in [3.05, 3.63) is 60.3 Å². The molecule has 0 spiro atoms. The summed E-state index contributed by atoms with van der Waals surface area (Å²) < 4.78 is 74.9. The van der Waals surface area contributed by atoms with Crippen molar-refractivity contribution in [2.45, 2.75) is 12.7 Å². The predicted octanol–water partition coefficient (Wildman–Crippen LogP) is 4.57. The summed E-state index contributed by atoms with van der Waals surface area (Å²) in [5.74, 6) is -1.04. The third-order valence-electron chi connectivity index (χ3n) is 5.29. The Labute approximate surface area is 218 Å². The molecule has 0 unspecified atom stereocenters. The third-order valence-corrected chi connectivity index (χ3v) is 5.29.